The Morgan fingerprint density at radius 2 is 1.16 bits per heavy atom. The number of allylic oxidation sites excluding steroid dienone is 3. The summed E-state index contributed by atoms with van der Waals surface area (Å²) >= 11 is 0. The summed E-state index contributed by atoms with van der Waals surface area (Å²) in [6.07, 6.45) is 5.60. The Balaban J connectivity index is 4.51. The van der Waals surface area contributed by atoms with Gasteiger partial charge in [0.2, 0.25) is 0 Å². The Morgan fingerprint density at radius 3 is 1.53 bits per heavy atom. The van der Waals surface area contributed by atoms with E-state index in [9.17, 15) is 0 Å². The molecule has 6 nitrogen and oxygen atoms in total. The molecule has 0 aromatic rings. The lowest BCUT2D eigenvalue weighted by atomic mass is 10.5. The normalized spacial score (nSPS) is 13.8. The minimum absolute atomic E-state index is 0.586. The fourth-order valence-electron chi connectivity index (χ4n) is 1.42. The van der Waals surface area contributed by atoms with Gasteiger partial charge in [-0.05, 0) is 5.70 Å². The van der Waals surface area contributed by atoms with E-state index in [0.29, 0.717) is 6.04 Å². The molecule has 0 bridgehead atoms. The van der Waals surface area contributed by atoms with Crippen molar-refractivity contribution in [1.29, 1.82) is 0 Å². The van der Waals surface area contributed by atoms with Crippen molar-refractivity contribution >= 4 is 17.6 Å². The second-order valence-electron chi connectivity index (χ2n) is 3.50. The molecule has 0 radical (unpaired) electrons. The summed E-state index contributed by atoms with van der Waals surface area (Å²) < 4.78 is 31.7. The van der Waals surface area contributed by atoms with Crippen LogP contribution < -0.4 is 0 Å². The van der Waals surface area contributed by atoms with E-state index < -0.39 is 17.6 Å². The van der Waals surface area contributed by atoms with Gasteiger partial charge >= 0.3 is 17.6 Å². The van der Waals surface area contributed by atoms with Crippen molar-refractivity contribution in [2.75, 3.05) is 42.7 Å². The quantitative estimate of drug-likeness (QED) is 0.449. The van der Waals surface area contributed by atoms with Gasteiger partial charge in [0.25, 0.3) is 0 Å². The SMILES string of the molecule is CO[Si](C=CC=CC[Si](OC)(OC)OC)(OC)OC. The van der Waals surface area contributed by atoms with Crippen LogP contribution in [0.15, 0.2) is 23.9 Å². The lowest BCUT2D eigenvalue weighted by molar-refractivity contribution is 0.127. The largest absolute Gasteiger partial charge is 0.528 e. The van der Waals surface area contributed by atoms with Gasteiger partial charge in [0, 0.05) is 48.7 Å². The van der Waals surface area contributed by atoms with Crippen LogP contribution >= 0.6 is 0 Å². The van der Waals surface area contributed by atoms with E-state index >= 15 is 0 Å². The van der Waals surface area contributed by atoms with Crippen molar-refractivity contribution in [3.8, 4) is 0 Å². The second kappa shape index (κ2) is 9.56. The third-order valence-electron chi connectivity index (χ3n) is 2.70. The van der Waals surface area contributed by atoms with Crippen LogP contribution in [-0.4, -0.2) is 60.3 Å². The van der Waals surface area contributed by atoms with E-state index in [1.54, 1.807) is 48.4 Å². The fourth-order valence-corrected chi connectivity index (χ4v) is 4.10. The van der Waals surface area contributed by atoms with E-state index in [1.807, 2.05) is 18.2 Å². The van der Waals surface area contributed by atoms with E-state index in [1.165, 1.54) is 0 Å². The smallest absolute Gasteiger partial charge is 0.377 e. The van der Waals surface area contributed by atoms with Crippen LogP contribution in [0, 0.1) is 0 Å². The molecule has 0 saturated heterocycles. The lowest BCUT2D eigenvalue weighted by Gasteiger charge is -2.22. The number of hydrogen-bond acceptors (Lipinski definition) is 6. The zero-order valence-electron chi connectivity index (χ0n) is 12.5. The molecule has 0 spiro atoms. The third-order valence-corrected chi connectivity index (χ3v) is 7.61. The van der Waals surface area contributed by atoms with Gasteiger partial charge in [0.05, 0.1) is 0 Å². The van der Waals surface area contributed by atoms with Crippen molar-refractivity contribution in [3.63, 3.8) is 0 Å². The van der Waals surface area contributed by atoms with Crippen molar-refractivity contribution < 1.29 is 26.6 Å². The molecule has 0 unspecified atom stereocenters. The lowest BCUT2D eigenvalue weighted by Crippen LogP contribution is -2.42. The Morgan fingerprint density at radius 1 is 0.684 bits per heavy atom. The molecule has 112 valence electrons. The standard InChI is InChI=1S/C11H24O6Si2/c1-12-18(13-2,14-3)10-8-7-9-11-19(15-4,16-5)17-6/h7-10H,11H2,1-6H3. The fraction of sp³-hybridized carbons (Fsp3) is 0.636. The molecule has 0 amide bonds. The number of hydrogen-bond donors (Lipinski definition) is 0. The maximum absolute atomic E-state index is 5.30. The summed E-state index contributed by atoms with van der Waals surface area (Å²) in [5, 5.41) is 0. The molecule has 0 aromatic heterocycles. The summed E-state index contributed by atoms with van der Waals surface area (Å²) in [6.45, 7) is 0. The van der Waals surface area contributed by atoms with Crippen LogP contribution in [-0.2, 0) is 26.6 Å². The molecule has 0 aliphatic heterocycles. The van der Waals surface area contributed by atoms with Crippen LogP contribution in [0.25, 0.3) is 0 Å². The topological polar surface area (TPSA) is 55.4 Å². The maximum Gasteiger partial charge on any atom is 0.528 e. The first-order chi connectivity index (χ1) is 9.07. The molecule has 0 atom stereocenters. The van der Waals surface area contributed by atoms with Gasteiger partial charge in [0.1, 0.15) is 0 Å². The molecular formula is C11H24O6Si2. The second-order valence-corrected chi connectivity index (χ2v) is 9.27. The van der Waals surface area contributed by atoms with Gasteiger partial charge < -0.3 is 26.6 Å². The van der Waals surface area contributed by atoms with Crippen molar-refractivity contribution in [2.24, 2.45) is 0 Å². The highest BCUT2D eigenvalue weighted by Gasteiger charge is 2.36. The first-order valence-corrected chi connectivity index (χ1v) is 9.46. The zero-order valence-corrected chi connectivity index (χ0v) is 14.5. The Kier molecular flexibility index (Phi) is 9.39. The first kappa shape index (κ1) is 18.7. The predicted molar refractivity (Wildman–Crippen MR) is 76.6 cm³/mol. The van der Waals surface area contributed by atoms with Gasteiger partial charge in [-0.25, -0.2) is 0 Å². The molecule has 0 rings (SSSR count). The van der Waals surface area contributed by atoms with Crippen molar-refractivity contribution in [1.82, 2.24) is 0 Å². The molecular weight excluding hydrogens is 284 g/mol. The molecule has 0 heterocycles. The highest BCUT2D eigenvalue weighted by atomic mass is 28.4. The molecule has 0 aromatic carbocycles. The van der Waals surface area contributed by atoms with Crippen LogP contribution in [0.5, 0.6) is 0 Å². The molecule has 0 aliphatic rings. The van der Waals surface area contributed by atoms with Crippen LogP contribution in [0.4, 0.5) is 0 Å². The maximum atomic E-state index is 5.30. The molecule has 0 N–H and O–H groups in total. The third kappa shape index (κ3) is 5.67. The Bertz CT molecular complexity index is 270. The summed E-state index contributed by atoms with van der Waals surface area (Å²) in [5.74, 6) is 0. The number of rotatable bonds is 10. The molecule has 8 heteroatoms. The van der Waals surface area contributed by atoms with E-state index in [4.69, 9.17) is 26.6 Å². The van der Waals surface area contributed by atoms with Crippen LogP contribution in [0.1, 0.15) is 0 Å². The van der Waals surface area contributed by atoms with Crippen LogP contribution in [0.3, 0.4) is 0 Å². The highest BCUT2D eigenvalue weighted by molar-refractivity contribution is 6.66. The van der Waals surface area contributed by atoms with Gasteiger partial charge in [-0.2, -0.15) is 0 Å². The summed E-state index contributed by atoms with van der Waals surface area (Å²) in [6, 6.07) is 0.586. The van der Waals surface area contributed by atoms with Gasteiger partial charge in [-0.15, -0.1) is 0 Å². The Labute approximate surface area is 117 Å². The minimum atomic E-state index is -2.65. The van der Waals surface area contributed by atoms with E-state index in [2.05, 4.69) is 0 Å². The molecule has 0 saturated carbocycles. The summed E-state index contributed by atoms with van der Waals surface area (Å²) in [4.78, 5) is 0. The molecule has 0 fully saturated rings. The van der Waals surface area contributed by atoms with Gasteiger partial charge in [0.15, 0.2) is 0 Å². The first-order valence-electron chi connectivity index (χ1n) is 5.72. The molecule has 19 heavy (non-hydrogen) atoms. The average molecular weight is 308 g/mol. The minimum Gasteiger partial charge on any atom is -0.377 e. The van der Waals surface area contributed by atoms with Crippen molar-refractivity contribution in [2.45, 2.75) is 6.04 Å². The van der Waals surface area contributed by atoms with Crippen LogP contribution in [0.2, 0.25) is 6.04 Å². The Hall–Kier alpha value is -0.326. The molecule has 0 aliphatic carbocycles. The predicted octanol–water partition coefficient (Wildman–Crippen LogP) is 1.39. The van der Waals surface area contributed by atoms with Gasteiger partial charge in [-0.1, -0.05) is 18.2 Å². The van der Waals surface area contributed by atoms with E-state index in [-0.39, 0.29) is 0 Å². The van der Waals surface area contributed by atoms with Gasteiger partial charge in [-0.3, -0.25) is 0 Å². The summed E-state index contributed by atoms with van der Waals surface area (Å²) in [7, 11) is 4.25. The average Bonchev–Trinajstić information content (AvgIpc) is 2.48. The summed E-state index contributed by atoms with van der Waals surface area (Å²) in [5.41, 5.74) is 1.79. The monoisotopic (exact) mass is 308 g/mol. The zero-order chi connectivity index (χ0) is 14.8. The van der Waals surface area contributed by atoms with Crippen molar-refractivity contribution in [3.05, 3.63) is 23.9 Å². The van der Waals surface area contributed by atoms with E-state index in [0.717, 1.165) is 0 Å². The highest BCUT2D eigenvalue weighted by Crippen LogP contribution is 2.13.